The molecule has 0 unspecified atom stereocenters. The summed E-state index contributed by atoms with van der Waals surface area (Å²) in [4.78, 5) is 24.2. The number of benzene rings is 1. The fourth-order valence-electron chi connectivity index (χ4n) is 3.86. The standard InChI is InChI=1S/C22H33F3N3O3/c23-22(24,25)19-17-18(12-13-20(19)28(30)31)26-14-8-5-3-1-2-4-7-11-21(29)27-15-9-6-10-16-27/h12-13,17,26H,1-11,14-16H2,(H,30,31)/q+1. The Morgan fingerprint density at radius 2 is 1.61 bits per heavy atom. The fourth-order valence-corrected chi connectivity index (χ4v) is 3.86. The van der Waals surface area contributed by atoms with Gasteiger partial charge in [-0.15, -0.1) is 0 Å². The number of nitrogens with one attached hydrogen (secondary N) is 1. The van der Waals surface area contributed by atoms with Gasteiger partial charge < -0.3 is 10.2 Å². The van der Waals surface area contributed by atoms with E-state index in [-0.39, 0.29) is 11.6 Å². The van der Waals surface area contributed by atoms with E-state index < -0.39 is 22.4 Å². The molecular weight excluding hydrogens is 411 g/mol. The zero-order valence-corrected chi connectivity index (χ0v) is 17.9. The Bertz CT molecular complexity index is 720. The Hall–Kier alpha value is -2.32. The van der Waals surface area contributed by atoms with Crippen molar-refractivity contribution in [2.24, 2.45) is 0 Å². The lowest BCUT2D eigenvalue weighted by Crippen LogP contribution is -2.35. The number of likely N-dealkylation sites (tertiary alicyclic amines) is 1. The predicted molar refractivity (Wildman–Crippen MR) is 112 cm³/mol. The number of halogens is 3. The monoisotopic (exact) mass is 444 g/mol. The van der Waals surface area contributed by atoms with Crippen molar-refractivity contribution in [3.05, 3.63) is 28.7 Å². The van der Waals surface area contributed by atoms with E-state index in [0.29, 0.717) is 13.0 Å². The van der Waals surface area contributed by atoms with Crippen molar-refractivity contribution < 1.29 is 28.1 Å². The minimum atomic E-state index is -4.73. The van der Waals surface area contributed by atoms with Crippen LogP contribution in [0.4, 0.5) is 24.5 Å². The number of piperidine rings is 1. The highest BCUT2D eigenvalue weighted by molar-refractivity contribution is 5.76. The number of anilines is 1. The van der Waals surface area contributed by atoms with Crippen molar-refractivity contribution in [2.75, 3.05) is 25.0 Å². The molecule has 1 amide bonds. The number of alkyl halides is 3. The van der Waals surface area contributed by atoms with Gasteiger partial charge in [-0.25, -0.2) is 5.21 Å². The lowest BCUT2D eigenvalue weighted by Gasteiger charge is -2.26. The van der Waals surface area contributed by atoms with Crippen LogP contribution < -0.4 is 5.32 Å². The first kappa shape index (κ1) is 24.9. The van der Waals surface area contributed by atoms with Gasteiger partial charge in [-0.1, -0.05) is 32.1 Å². The minimum absolute atomic E-state index is 0.260. The van der Waals surface area contributed by atoms with Gasteiger partial charge in [0.15, 0.2) is 0 Å². The van der Waals surface area contributed by atoms with Crippen LogP contribution in [0, 0.1) is 4.91 Å². The van der Waals surface area contributed by atoms with E-state index >= 15 is 0 Å². The van der Waals surface area contributed by atoms with Crippen LogP contribution in [-0.4, -0.2) is 40.6 Å². The van der Waals surface area contributed by atoms with Crippen LogP contribution in [0.2, 0.25) is 0 Å². The van der Waals surface area contributed by atoms with Crippen molar-refractivity contribution in [3.63, 3.8) is 0 Å². The van der Waals surface area contributed by atoms with E-state index in [1.165, 1.54) is 12.5 Å². The number of carbonyl (C=O) groups excluding carboxylic acids is 1. The first-order valence-corrected chi connectivity index (χ1v) is 11.2. The fraction of sp³-hybridized carbons (Fsp3) is 0.682. The second-order valence-electron chi connectivity index (χ2n) is 8.10. The van der Waals surface area contributed by atoms with Crippen molar-refractivity contribution in [1.82, 2.24) is 4.90 Å². The Morgan fingerprint density at radius 1 is 1.00 bits per heavy atom. The summed E-state index contributed by atoms with van der Waals surface area (Å²) in [6.45, 7) is 2.35. The molecule has 1 aliphatic rings. The average Bonchev–Trinajstić information content (AvgIpc) is 2.74. The third-order valence-corrected chi connectivity index (χ3v) is 5.61. The smallest absolute Gasteiger partial charge is 0.385 e. The lowest BCUT2D eigenvalue weighted by molar-refractivity contribution is -0.730. The van der Waals surface area contributed by atoms with Crippen molar-refractivity contribution >= 4 is 17.3 Å². The van der Waals surface area contributed by atoms with E-state index in [2.05, 4.69) is 5.32 Å². The van der Waals surface area contributed by atoms with Gasteiger partial charge in [0, 0.05) is 37.8 Å². The van der Waals surface area contributed by atoms with Gasteiger partial charge in [0.1, 0.15) is 5.56 Å². The number of carbonyl (C=O) groups is 1. The second-order valence-corrected chi connectivity index (χ2v) is 8.10. The van der Waals surface area contributed by atoms with Crippen molar-refractivity contribution in [3.8, 4) is 0 Å². The molecule has 1 aromatic rings. The predicted octanol–water partition coefficient (Wildman–Crippen LogP) is 6.05. The van der Waals surface area contributed by atoms with Crippen LogP contribution in [0.3, 0.4) is 0 Å². The molecule has 0 radical (unpaired) electrons. The van der Waals surface area contributed by atoms with Crippen LogP contribution in [0.1, 0.15) is 76.2 Å². The summed E-state index contributed by atoms with van der Waals surface area (Å²) >= 11 is 0. The van der Waals surface area contributed by atoms with Gasteiger partial charge in [-0.05, 0) is 44.2 Å². The summed E-state index contributed by atoms with van der Waals surface area (Å²) in [5, 5.41) is 11.8. The highest BCUT2D eigenvalue weighted by Crippen LogP contribution is 2.37. The molecule has 0 atom stereocenters. The van der Waals surface area contributed by atoms with Gasteiger partial charge in [0.2, 0.25) is 5.91 Å². The molecule has 0 saturated carbocycles. The molecule has 1 heterocycles. The molecular formula is C22H33F3N3O3+. The lowest BCUT2D eigenvalue weighted by atomic mass is 10.1. The maximum Gasteiger partial charge on any atom is 0.423 e. The van der Waals surface area contributed by atoms with Crippen LogP contribution in [-0.2, 0) is 11.0 Å². The molecule has 6 nitrogen and oxygen atoms in total. The molecule has 2 N–H and O–H groups in total. The first-order chi connectivity index (χ1) is 14.8. The number of rotatable bonds is 12. The van der Waals surface area contributed by atoms with Crippen molar-refractivity contribution in [2.45, 2.75) is 76.8 Å². The van der Waals surface area contributed by atoms with Gasteiger partial charge in [-0.2, -0.15) is 13.2 Å². The molecule has 174 valence electrons. The molecule has 1 aliphatic heterocycles. The van der Waals surface area contributed by atoms with E-state index in [4.69, 9.17) is 5.21 Å². The molecule has 31 heavy (non-hydrogen) atoms. The zero-order chi connectivity index (χ0) is 22.7. The molecule has 1 fully saturated rings. The van der Waals surface area contributed by atoms with Crippen LogP contribution >= 0.6 is 0 Å². The molecule has 2 rings (SSSR count). The summed E-state index contributed by atoms with van der Waals surface area (Å²) in [5.74, 6) is 0.287. The maximum atomic E-state index is 13.0. The SMILES string of the molecule is O=C(CCCCCCCCCNc1ccc([N+](=O)O)c(C(F)(F)F)c1)N1CCCCC1. The van der Waals surface area contributed by atoms with E-state index in [9.17, 15) is 22.9 Å². The molecule has 9 heteroatoms. The van der Waals surface area contributed by atoms with E-state index in [0.717, 1.165) is 83.0 Å². The quantitative estimate of drug-likeness (QED) is 0.304. The molecule has 0 aromatic heterocycles. The Balaban J connectivity index is 1.54. The van der Waals surface area contributed by atoms with Gasteiger partial charge >= 0.3 is 11.9 Å². The Kier molecular flexibility index (Phi) is 10.1. The largest absolute Gasteiger partial charge is 0.423 e. The minimum Gasteiger partial charge on any atom is -0.385 e. The number of hydrogen-bond acceptors (Lipinski definition) is 3. The third kappa shape index (κ3) is 8.75. The molecule has 1 aromatic carbocycles. The third-order valence-electron chi connectivity index (χ3n) is 5.61. The zero-order valence-electron chi connectivity index (χ0n) is 17.9. The summed E-state index contributed by atoms with van der Waals surface area (Å²) in [5.41, 5.74) is -1.74. The summed E-state index contributed by atoms with van der Waals surface area (Å²) in [6.07, 6.45) is 6.38. The second kappa shape index (κ2) is 12.5. The normalized spacial score (nSPS) is 14.5. The van der Waals surface area contributed by atoms with Crippen molar-refractivity contribution in [1.29, 1.82) is 0 Å². The summed E-state index contributed by atoms with van der Waals surface area (Å²) < 4.78 is 39.1. The Morgan fingerprint density at radius 3 is 2.23 bits per heavy atom. The topological polar surface area (TPSA) is 72.6 Å². The number of unbranched alkanes of at least 4 members (excludes halogenated alkanes) is 6. The van der Waals surface area contributed by atoms with Gasteiger partial charge in [-0.3, -0.25) is 4.79 Å². The van der Waals surface area contributed by atoms with Gasteiger partial charge in [0.25, 0.3) is 4.92 Å². The van der Waals surface area contributed by atoms with Crippen LogP contribution in [0.15, 0.2) is 18.2 Å². The highest BCUT2D eigenvalue weighted by atomic mass is 19.4. The Labute approximate surface area is 181 Å². The maximum absolute atomic E-state index is 13.0. The van der Waals surface area contributed by atoms with E-state index in [1.807, 2.05) is 4.90 Å². The highest BCUT2D eigenvalue weighted by Gasteiger charge is 2.40. The van der Waals surface area contributed by atoms with Crippen LogP contribution in [0.25, 0.3) is 0 Å². The molecule has 0 aliphatic carbocycles. The number of hydrogen-bond donors (Lipinski definition) is 2. The number of nitrogens with zero attached hydrogens (tertiary/aromatic N) is 2. The first-order valence-electron chi connectivity index (χ1n) is 11.2. The van der Waals surface area contributed by atoms with E-state index in [1.54, 1.807) is 0 Å². The average molecular weight is 445 g/mol. The molecule has 0 spiro atoms. The number of amides is 1. The molecule has 1 saturated heterocycles. The summed E-state index contributed by atoms with van der Waals surface area (Å²) in [6, 6.07) is 3.13. The van der Waals surface area contributed by atoms with Crippen LogP contribution in [0.5, 0.6) is 0 Å². The van der Waals surface area contributed by atoms with Gasteiger partial charge in [0.05, 0.1) is 4.91 Å². The molecule has 0 bridgehead atoms. The summed E-state index contributed by atoms with van der Waals surface area (Å²) in [7, 11) is 0.